The van der Waals surface area contributed by atoms with Crippen LogP contribution in [-0.2, 0) is 10.2 Å². The monoisotopic (exact) mass is 422 g/mol. The van der Waals surface area contributed by atoms with E-state index < -0.39 is 28.7 Å². The Morgan fingerprint density at radius 3 is 2.33 bits per heavy atom. The lowest BCUT2D eigenvalue weighted by Crippen LogP contribution is -2.41. The molecule has 0 saturated heterocycles. The summed E-state index contributed by atoms with van der Waals surface area (Å²) in [6.45, 7) is 5.28. The molecule has 0 atom stereocenters. The number of Topliss-reactive ketones (excluding diaryl/α,β-unsaturated/α-hetero) is 1. The Hall–Kier alpha value is -3.03. The average molecular weight is 422 g/mol. The number of ether oxygens (including phenoxy) is 1. The molecule has 1 aliphatic carbocycles. The van der Waals surface area contributed by atoms with E-state index in [1.807, 2.05) is 0 Å². The molecule has 160 valence electrons. The van der Waals surface area contributed by atoms with Gasteiger partial charge in [0.1, 0.15) is 28.6 Å². The molecule has 5 nitrogen and oxygen atoms in total. The fourth-order valence-electron chi connectivity index (χ4n) is 3.91. The minimum Gasteiger partial charge on any atom is -0.507 e. The molecule has 0 aliphatic heterocycles. The third-order valence-electron chi connectivity index (χ3n) is 5.53. The normalized spacial score (nSPS) is 15.9. The maximum absolute atomic E-state index is 13.2. The lowest BCUT2D eigenvalue weighted by Gasteiger charge is -2.35. The smallest absolute Gasteiger partial charge is 0.507 e. The molecule has 0 unspecified atom stereocenters. The number of hydrogen-bond acceptors (Lipinski definition) is 5. The average Bonchev–Trinajstić information content (AvgIpc) is 2.68. The summed E-state index contributed by atoms with van der Waals surface area (Å²) in [6.07, 6.45) is -3.95. The second kappa shape index (κ2) is 7.66. The topological polar surface area (TPSA) is 76.7 Å². The first-order valence-electron chi connectivity index (χ1n) is 9.60. The van der Waals surface area contributed by atoms with Gasteiger partial charge in [0.25, 0.3) is 0 Å². The summed E-state index contributed by atoms with van der Waals surface area (Å²) in [7, 11) is 0. The largest absolute Gasteiger partial charge is 0.573 e. The van der Waals surface area contributed by atoms with Gasteiger partial charge in [0, 0.05) is 17.2 Å². The van der Waals surface area contributed by atoms with E-state index in [9.17, 15) is 27.9 Å². The SMILES string of the molecule is CCC1=C(O)c2c(oc(-c3cccc(OC(F)(F)F)c3)cc2=O)C(CC)(CC)C1=O. The zero-order chi connectivity index (χ0) is 22.3. The first kappa shape index (κ1) is 21.7. The molecule has 0 saturated carbocycles. The standard InChI is InChI=1S/C22H21F3O5/c1-4-14-18(27)17-15(26)11-16(29-20(17)21(5-2,6-3)19(14)28)12-8-7-9-13(10-12)30-22(23,24)25/h7-11,27H,4-6H2,1-3H3. The number of ketones is 1. The Balaban J connectivity index is 2.25. The molecule has 1 aliphatic rings. The molecule has 0 bridgehead atoms. The van der Waals surface area contributed by atoms with Crippen LogP contribution < -0.4 is 10.2 Å². The lowest BCUT2D eigenvalue weighted by molar-refractivity contribution is -0.274. The van der Waals surface area contributed by atoms with Crippen molar-refractivity contribution in [2.75, 3.05) is 0 Å². The van der Waals surface area contributed by atoms with Gasteiger partial charge in [0.15, 0.2) is 11.2 Å². The van der Waals surface area contributed by atoms with Crippen molar-refractivity contribution in [1.82, 2.24) is 0 Å². The second-order valence-electron chi connectivity index (χ2n) is 7.05. The van der Waals surface area contributed by atoms with E-state index in [0.29, 0.717) is 12.8 Å². The van der Waals surface area contributed by atoms with E-state index in [0.717, 1.165) is 18.2 Å². The van der Waals surface area contributed by atoms with Gasteiger partial charge in [-0.3, -0.25) is 9.59 Å². The lowest BCUT2D eigenvalue weighted by atomic mass is 9.68. The van der Waals surface area contributed by atoms with E-state index in [2.05, 4.69) is 4.74 Å². The van der Waals surface area contributed by atoms with Crippen LogP contribution in [0.3, 0.4) is 0 Å². The van der Waals surface area contributed by atoms with Gasteiger partial charge in [-0.15, -0.1) is 13.2 Å². The quantitative estimate of drug-likeness (QED) is 0.686. The van der Waals surface area contributed by atoms with Crippen LogP contribution in [0.1, 0.15) is 51.4 Å². The highest BCUT2D eigenvalue weighted by Crippen LogP contribution is 2.44. The van der Waals surface area contributed by atoms with E-state index in [1.165, 1.54) is 12.1 Å². The summed E-state index contributed by atoms with van der Waals surface area (Å²) in [6, 6.07) is 6.11. The molecular formula is C22H21F3O5. The fraction of sp³-hybridized carbons (Fsp3) is 0.364. The van der Waals surface area contributed by atoms with E-state index in [-0.39, 0.29) is 40.4 Å². The number of aliphatic hydroxyl groups is 1. The molecule has 8 heteroatoms. The van der Waals surface area contributed by atoms with Crippen molar-refractivity contribution in [1.29, 1.82) is 0 Å². The fourth-order valence-corrected chi connectivity index (χ4v) is 3.91. The maximum Gasteiger partial charge on any atom is 0.573 e. The Kier molecular flexibility index (Phi) is 5.54. The molecule has 30 heavy (non-hydrogen) atoms. The molecule has 2 aromatic rings. The summed E-state index contributed by atoms with van der Waals surface area (Å²) < 4.78 is 47.5. The van der Waals surface area contributed by atoms with Gasteiger partial charge < -0.3 is 14.3 Å². The number of halogens is 3. The van der Waals surface area contributed by atoms with Crippen molar-refractivity contribution in [3.8, 4) is 17.1 Å². The Morgan fingerprint density at radius 2 is 1.77 bits per heavy atom. The van der Waals surface area contributed by atoms with Crippen LogP contribution in [0.4, 0.5) is 13.2 Å². The molecule has 1 N–H and O–H groups in total. The summed E-state index contributed by atoms with van der Waals surface area (Å²) in [5, 5.41) is 10.6. The minimum atomic E-state index is -4.87. The van der Waals surface area contributed by atoms with Crippen molar-refractivity contribution in [3.05, 3.63) is 57.5 Å². The molecule has 1 aromatic heterocycles. The van der Waals surface area contributed by atoms with E-state index in [4.69, 9.17) is 4.42 Å². The van der Waals surface area contributed by atoms with Crippen molar-refractivity contribution < 1.29 is 32.2 Å². The van der Waals surface area contributed by atoms with Crippen LogP contribution in [0, 0.1) is 0 Å². The van der Waals surface area contributed by atoms with Gasteiger partial charge in [-0.25, -0.2) is 0 Å². The Labute approximate surface area is 170 Å². The molecule has 1 heterocycles. The highest BCUT2D eigenvalue weighted by molar-refractivity contribution is 6.10. The van der Waals surface area contributed by atoms with E-state index in [1.54, 1.807) is 20.8 Å². The van der Waals surface area contributed by atoms with Crippen molar-refractivity contribution in [2.45, 2.75) is 51.8 Å². The highest BCUT2D eigenvalue weighted by Gasteiger charge is 2.48. The molecule has 0 fully saturated rings. The van der Waals surface area contributed by atoms with Gasteiger partial charge in [-0.05, 0) is 31.4 Å². The number of rotatable bonds is 5. The predicted octanol–water partition coefficient (Wildman–Crippen LogP) is 5.53. The number of carbonyl (C=O) groups is 1. The summed E-state index contributed by atoms with van der Waals surface area (Å²) >= 11 is 0. The predicted molar refractivity (Wildman–Crippen MR) is 104 cm³/mol. The van der Waals surface area contributed by atoms with Gasteiger partial charge in [0.2, 0.25) is 0 Å². The molecule has 0 radical (unpaired) electrons. The first-order chi connectivity index (χ1) is 14.1. The first-order valence-corrected chi connectivity index (χ1v) is 9.60. The second-order valence-corrected chi connectivity index (χ2v) is 7.05. The number of allylic oxidation sites excluding steroid dienone is 1. The third-order valence-corrected chi connectivity index (χ3v) is 5.53. The Bertz CT molecular complexity index is 1070. The number of carbonyl (C=O) groups excluding carboxylic acids is 1. The zero-order valence-electron chi connectivity index (χ0n) is 16.7. The third kappa shape index (κ3) is 3.51. The number of benzene rings is 1. The van der Waals surface area contributed by atoms with Crippen LogP contribution >= 0.6 is 0 Å². The zero-order valence-corrected chi connectivity index (χ0v) is 16.7. The molecular weight excluding hydrogens is 401 g/mol. The minimum absolute atomic E-state index is 0.0156. The molecule has 1 aromatic carbocycles. The van der Waals surface area contributed by atoms with Gasteiger partial charge in [-0.1, -0.05) is 32.9 Å². The van der Waals surface area contributed by atoms with Crippen molar-refractivity contribution >= 4 is 11.5 Å². The number of aliphatic hydroxyl groups excluding tert-OH is 1. The van der Waals surface area contributed by atoms with Crippen LogP contribution in [0.5, 0.6) is 5.75 Å². The Morgan fingerprint density at radius 1 is 1.10 bits per heavy atom. The van der Waals surface area contributed by atoms with Crippen LogP contribution in [0.2, 0.25) is 0 Å². The van der Waals surface area contributed by atoms with Crippen LogP contribution in [0.15, 0.2) is 45.1 Å². The maximum atomic E-state index is 13.2. The van der Waals surface area contributed by atoms with Gasteiger partial charge in [0.05, 0.1) is 5.41 Å². The number of alkyl halides is 3. The van der Waals surface area contributed by atoms with Gasteiger partial charge >= 0.3 is 6.36 Å². The summed E-state index contributed by atoms with van der Waals surface area (Å²) in [4.78, 5) is 26.1. The van der Waals surface area contributed by atoms with Gasteiger partial charge in [-0.2, -0.15) is 0 Å². The van der Waals surface area contributed by atoms with E-state index >= 15 is 0 Å². The summed E-state index contributed by atoms with van der Waals surface area (Å²) in [5.74, 6) is -1.15. The molecule has 3 rings (SSSR count). The number of fused-ring (bicyclic) bond motifs is 1. The van der Waals surface area contributed by atoms with Crippen molar-refractivity contribution in [2.24, 2.45) is 0 Å². The number of hydrogen-bond donors (Lipinski definition) is 1. The van der Waals surface area contributed by atoms with Crippen molar-refractivity contribution in [3.63, 3.8) is 0 Å². The molecule has 0 amide bonds. The van der Waals surface area contributed by atoms with Crippen LogP contribution in [0.25, 0.3) is 17.1 Å². The molecule has 0 spiro atoms. The van der Waals surface area contributed by atoms with Crippen LogP contribution in [-0.4, -0.2) is 17.3 Å². The summed E-state index contributed by atoms with van der Waals surface area (Å²) in [5.41, 5.74) is -1.43. The highest BCUT2D eigenvalue weighted by atomic mass is 19.4.